The third-order valence-corrected chi connectivity index (χ3v) is 5.06. The Balaban J connectivity index is 1.93. The first-order chi connectivity index (χ1) is 10.2. The van der Waals surface area contributed by atoms with Gasteiger partial charge in [0.25, 0.3) is 5.91 Å². The second kappa shape index (κ2) is 6.30. The Bertz CT molecular complexity index is 669. The van der Waals surface area contributed by atoms with Gasteiger partial charge in [0.2, 0.25) is 0 Å². The van der Waals surface area contributed by atoms with E-state index in [4.69, 9.17) is 11.6 Å². The molecule has 1 atom stereocenters. The van der Waals surface area contributed by atoms with Gasteiger partial charge in [-0.3, -0.25) is 4.79 Å². The zero-order chi connectivity index (χ0) is 14.8. The molecule has 1 aliphatic heterocycles. The minimum Gasteiger partial charge on any atom is -0.272 e. The van der Waals surface area contributed by atoms with Crippen LogP contribution in [0.15, 0.2) is 51.4 Å². The summed E-state index contributed by atoms with van der Waals surface area (Å²) in [6.45, 7) is 0. The fourth-order valence-corrected chi connectivity index (χ4v) is 3.52. The average molecular weight is 384 g/mol. The third kappa shape index (κ3) is 3.05. The predicted octanol–water partition coefficient (Wildman–Crippen LogP) is 4.43. The van der Waals surface area contributed by atoms with Crippen LogP contribution in [0, 0.1) is 0 Å². The summed E-state index contributed by atoms with van der Waals surface area (Å²) >= 11 is 10.8. The van der Waals surface area contributed by atoms with Gasteiger partial charge in [-0.25, -0.2) is 5.01 Å². The summed E-state index contributed by atoms with van der Waals surface area (Å²) in [5, 5.41) is 8.04. The van der Waals surface area contributed by atoms with Crippen molar-refractivity contribution in [2.24, 2.45) is 5.10 Å². The minimum atomic E-state index is -0.165. The van der Waals surface area contributed by atoms with E-state index in [1.54, 1.807) is 11.3 Å². The predicted molar refractivity (Wildman–Crippen MR) is 89.9 cm³/mol. The first kappa shape index (κ1) is 14.8. The lowest BCUT2D eigenvalue weighted by Gasteiger charge is -2.19. The number of thiophene rings is 1. The van der Waals surface area contributed by atoms with E-state index in [0.29, 0.717) is 6.42 Å². The van der Waals surface area contributed by atoms with Crippen LogP contribution in [0.25, 0.3) is 0 Å². The van der Waals surface area contributed by atoms with Crippen LogP contribution in [0.2, 0.25) is 0 Å². The summed E-state index contributed by atoms with van der Waals surface area (Å²) in [7, 11) is 0. The van der Waals surface area contributed by atoms with Gasteiger partial charge in [0.05, 0.1) is 11.8 Å². The smallest absolute Gasteiger partial charge is 0.258 e. The first-order valence-corrected chi connectivity index (χ1v) is 8.64. The molecule has 6 heteroatoms. The molecule has 3 nitrogen and oxygen atoms in total. The molecule has 0 bridgehead atoms. The van der Waals surface area contributed by atoms with E-state index in [1.807, 2.05) is 41.8 Å². The summed E-state index contributed by atoms with van der Waals surface area (Å²) in [6.07, 6.45) is 0.713. The van der Waals surface area contributed by atoms with Crippen LogP contribution >= 0.6 is 38.9 Å². The molecule has 21 heavy (non-hydrogen) atoms. The molecule has 108 valence electrons. The minimum absolute atomic E-state index is 0.0464. The van der Waals surface area contributed by atoms with Gasteiger partial charge in [-0.05, 0) is 29.1 Å². The Hall–Kier alpha value is -1.17. The number of nitrogens with zero attached hydrogens (tertiary/aromatic N) is 2. The van der Waals surface area contributed by atoms with Crippen LogP contribution in [-0.4, -0.2) is 22.5 Å². The van der Waals surface area contributed by atoms with Crippen LogP contribution in [0.3, 0.4) is 0 Å². The SMILES string of the molecule is O=C(CCl)N1N=C(c2ccc(Br)cc2)CC1c1cccs1. The summed E-state index contributed by atoms with van der Waals surface area (Å²) in [6, 6.07) is 11.9. The zero-order valence-electron chi connectivity index (χ0n) is 11.0. The largest absolute Gasteiger partial charge is 0.272 e. The van der Waals surface area contributed by atoms with Crippen LogP contribution in [0.5, 0.6) is 0 Å². The second-order valence-corrected chi connectivity index (χ2v) is 6.82. The van der Waals surface area contributed by atoms with E-state index >= 15 is 0 Å². The number of hydrazone groups is 1. The summed E-state index contributed by atoms with van der Waals surface area (Å²) in [5.41, 5.74) is 1.95. The molecule has 2 aromatic rings. The van der Waals surface area contributed by atoms with Gasteiger partial charge in [0, 0.05) is 15.8 Å². The van der Waals surface area contributed by atoms with Crippen molar-refractivity contribution in [1.82, 2.24) is 5.01 Å². The molecular formula is C15H12BrClN2OS. The third-order valence-electron chi connectivity index (χ3n) is 3.33. The highest BCUT2D eigenvalue weighted by molar-refractivity contribution is 9.10. The van der Waals surface area contributed by atoms with Crippen LogP contribution in [0.1, 0.15) is 22.9 Å². The molecule has 0 saturated carbocycles. The molecule has 0 saturated heterocycles. The van der Waals surface area contributed by atoms with Crippen LogP contribution in [-0.2, 0) is 4.79 Å². The maximum absolute atomic E-state index is 12.0. The molecule has 1 aromatic heterocycles. The van der Waals surface area contributed by atoms with Crippen molar-refractivity contribution in [2.45, 2.75) is 12.5 Å². The maximum Gasteiger partial charge on any atom is 0.258 e. The number of benzene rings is 1. The van der Waals surface area contributed by atoms with Crippen molar-refractivity contribution in [1.29, 1.82) is 0 Å². The zero-order valence-corrected chi connectivity index (χ0v) is 14.2. The molecule has 0 radical (unpaired) electrons. The molecule has 1 aromatic carbocycles. The molecule has 0 fully saturated rings. The van der Waals surface area contributed by atoms with E-state index < -0.39 is 0 Å². The molecule has 0 spiro atoms. The highest BCUT2D eigenvalue weighted by atomic mass is 79.9. The number of hydrogen-bond donors (Lipinski definition) is 0. The normalized spacial score (nSPS) is 17.9. The maximum atomic E-state index is 12.0. The number of amides is 1. The molecule has 1 unspecified atom stereocenters. The van der Waals surface area contributed by atoms with E-state index in [9.17, 15) is 4.79 Å². The van der Waals surface area contributed by atoms with Gasteiger partial charge in [0.15, 0.2) is 0 Å². The molecular weight excluding hydrogens is 372 g/mol. The number of carbonyl (C=O) groups is 1. The Morgan fingerprint density at radius 3 is 2.76 bits per heavy atom. The fourth-order valence-electron chi connectivity index (χ4n) is 2.32. The fraction of sp³-hybridized carbons (Fsp3) is 0.200. The molecule has 0 N–H and O–H groups in total. The highest BCUT2D eigenvalue weighted by Crippen LogP contribution is 2.35. The Morgan fingerprint density at radius 2 is 2.14 bits per heavy atom. The summed E-state index contributed by atoms with van der Waals surface area (Å²) in [4.78, 5) is 13.2. The lowest BCUT2D eigenvalue weighted by atomic mass is 10.0. The molecule has 2 heterocycles. The van der Waals surface area contributed by atoms with Crippen molar-refractivity contribution in [2.75, 3.05) is 5.88 Å². The van der Waals surface area contributed by atoms with E-state index in [-0.39, 0.29) is 17.8 Å². The number of halogens is 2. The molecule has 3 rings (SSSR count). The highest BCUT2D eigenvalue weighted by Gasteiger charge is 2.33. The second-order valence-electron chi connectivity index (χ2n) is 4.66. The van der Waals surface area contributed by atoms with E-state index in [2.05, 4.69) is 21.0 Å². The van der Waals surface area contributed by atoms with Crippen LogP contribution in [0.4, 0.5) is 0 Å². The number of hydrogen-bond acceptors (Lipinski definition) is 3. The Morgan fingerprint density at radius 1 is 1.38 bits per heavy atom. The van der Waals surface area contributed by atoms with Gasteiger partial charge >= 0.3 is 0 Å². The quantitative estimate of drug-likeness (QED) is 0.722. The Kier molecular flexibility index (Phi) is 4.42. The molecule has 1 amide bonds. The number of carbonyl (C=O) groups excluding carboxylic acids is 1. The van der Waals surface area contributed by atoms with Crippen molar-refractivity contribution in [3.8, 4) is 0 Å². The average Bonchev–Trinajstić information content (AvgIpc) is 3.16. The lowest BCUT2D eigenvalue weighted by Crippen LogP contribution is -2.27. The summed E-state index contributed by atoms with van der Waals surface area (Å²) < 4.78 is 1.02. The van der Waals surface area contributed by atoms with E-state index in [0.717, 1.165) is 20.6 Å². The van der Waals surface area contributed by atoms with Crippen LogP contribution < -0.4 is 0 Å². The van der Waals surface area contributed by atoms with Gasteiger partial charge in [-0.2, -0.15) is 5.10 Å². The first-order valence-electron chi connectivity index (χ1n) is 6.44. The van der Waals surface area contributed by atoms with E-state index in [1.165, 1.54) is 5.01 Å². The Labute approximate surface area is 140 Å². The molecule has 0 aliphatic carbocycles. The van der Waals surface area contributed by atoms with Gasteiger partial charge in [0.1, 0.15) is 5.88 Å². The number of rotatable bonds is 3. The van der Waals surface area contributed by atoms with Gasteiger partial charge in [-0.1, -0.05) is 34.1 Å². The monoisotopic (exact) mass is 382 g/mol. The molecule has 1 aliphatic rings. The van der Waals surface area contributed by atoms with Gasteiger partial charge < -0.3 is 0 Å². The summed E-state index contributed by atoms with van der Waals surface area (Å²) in [5.74, 6) is -0.221. The number of alkyl halides is 1. The topological polar surface area (TPSA) is 32.7 Å². The van der Waals surface area contributed by atoms with Crippen molar-refractivity contribution >= 4 is 50.5 Å². The van der Waals surface area contributed by atoms with Gasteiger partial charge in [-0.15, -0.1) is 22.9 Å². The van der Waals surface area contributed by atoms with Crippen molar-refractivity contribution < 1.29 is 4.79 Å². The van der Waals surface area contributed by atoms with Crippen molar-refractivity contribution in [3.05, 3.63) is 56.7 Å². The van der Waals surface area contributed by atoms with Crippen molar-refractivity contribution in [3.63, 3.8) is 0 Å². The standard InChI is InChI=1S/C15H12BrClN2OS/c16-11-5-3-10(4-6-11)12-8-13(14-2-1-7-21-14)19(18-12)15(20)9-17/h1-7,13H,8-9H2. The lowest BCUT2D eigenvalue weighted by molar-refractivity contribution is -0.130.